The number of hydrogen-bond acceptors (Lipinski definition) is 4. The molecule has 0 spiro atoms. The molecule has 0 aliphatic carbocycles. The number of nitrogens with one attached hydrogen (secondary N) is 1. The van der Waals surface area contributed by atoms with E-state index in [0.29, 0.717) is 20.7 Å². The Balaban J connectivity index is 1.63. The Hall–Kier alpha value is -1.25. The lowest BCUT2D eigenvalue weighted by Gasteiger charge is -2.24. The number of halogens is 3. The summed E-state index contributed by atoms with van der Waals surface area (Å²) in [5.74, 6) is -0.264. The first-order valence-corrected chi connectivity index (χ1v) is 11.2. The van der Waals surface area contributed by atoms with Crippen molar-refractivity contribution in [1.29, 1.82) is 0 Å². The lowest BCUT2D eigenvalue weighted by atomic mass is 10.2. The molecule has 27 heavy (non-hydrogen) atoms. The van der Waals surface area contributed by atoms with Gasteiger partial charge < -0.3 is 0 Å². The van der Waals surface area contributed by atoms with Crippen LogP contribution in [-0.4, -0.2) is 22.6 Å². The first kappa shape index (κ1) is 19.1. The number of rotatable bonds is 3. The van der Waals surface area contributed by atoms with Crippen molar-refractivity contribution >= 4 is 84.1 Å². The predicted molar refractivity (Wildman–Crippen MR) is 115 cm³/mol. The Kier molecular flexibility index (Phi) is 5.40. The normalized spacial score (nSPS) is 16.9. The van der Waals surface area contributed by atoms with E-state index in [0.717, 1.165) is 20.1 Å². The van der Waals surface area contributed by atoms with Crippen LogP contribution in [0.2, 0.25) is 10.0 Å². The molecule has 3 aromatic rings. The summed E-state index contributed by atoms with van der Waals surface area (Å²) < 4.78 is 1.77. The maximum atomic E-state index is 12.8. The minimum absolute atomic E-state index is 0.154. The SMILES string of the molecule is O=C(NN1C(=O)CSC1c1cccc(Br)c1)c1sc2ccc(Cl)cc2c1Cl. The number of amides is 2. The van der Waals surface area contributed by atoms with Gasteiger partial charge in [-0.15, -0.1) is 23.1 Å². The van der Waals surface area contributed by atoms with Gasteiger partial charge in [0, 0.05) is 19.6 Å². The fraction of sp³-hybridized carbons (Fsp3) is 0.111. The molecule has 2 heterocycles. The van der Waals surface area contributed by atoms with Crippen LogP contribution in [0.4, 0.5) is 0 Å². The summed E-state index contributed by atoms with van der Waals surface area (Å²) in [6.07, 6.45) is 0. The third-order valence-corrected chi connectivity index (χ3v) is 7.63. The maximum absolute atomic E-state index is 12.8. The van der Waals surface area contributed by atoms with Gasteiger partial charge in [-0.05, 0) is 35.9 Å². The number of hydrogen-bond donors (Lipinski definition) is 1. The van der Waals surface area contributed by atoms with Gasteiger partial charge in [-0.25, -0.2) is 5.01 Å². The smallest absolute Gasteiger partial charge is 0.272 e. The molecule has 1 fully saturated rings. The third-order valence-electron chi connectivity index (χ3n) is 4.02. The number of nitrogens with zero attached hydrogens (tertiary/aromatic N) is 1. The second-order valence-corrected chi connectivity index (χ2v) is 9.66. The molecule has 138 valence electrons. The Morgan fingerprint density at radius 1 is 1.22 bits per heavy atom. The van der Waals surface area contributed by atoms with E-state index in [2.05, 4.69) is 21.4 Å². The quantitative estimate of drug-likeness (QED) is 0.486. The van der Waals surface area contributed by atoms with Crippen molar-refractivity contribution in [2.24, 2.45) is 0 Å². The van der Waals surface area contributed by atoms with Gasteiger partial charge in [0.05, 0.1) is 10.8 Å². The molecule has 9 heteroatoms. The number of thiophene rings is 1. The van der Waals surface area contributed by atoms with Crippen molar-refractivity contribution in [3.8, 4) is 0 Å². The first-order valence-electron chi connectivity index (χ1n) is 7.81. The molecule has 1 aliphatic rings. The average molecular weight is 502 g/mol. The minimum atomic E-state index is -0.409. The van der Waals surface area contributed by atoms with Crippen molar-refractivity contribution in [1.82, 2.24) is 10.4 Å². The topological polar surface area (TPSA) is 49.4 Å². The van der Waals surface area contributed by atoms with E-state index in [4.69, 9.17) is 23.2 Å². The van der Waals surface area contributed by atoms with Crippen LogP contribution in [0.15, 0.2) is 46.9 Å². The average Bonchev–Trinajstić information content (AvgIpc) is 3.16. The largest absolute Gasteiger partial charge is 0.281 e. The number of carbonyl (C=O) groups is 2. The van der Waals surface area contributed by atoms with Crippen LogP contribution in [0.3, 0.4) is 0 Å². The molecule has 0 radical (unpaired) electrons. The van der Waals surface area contributed by atoms with Crippen LogP contribution in [-0.2, 0) is 4.79 Å². The summed E-state index contributed by atoms with van der Waals surface area (Å²) in [5.41, 5.74) is 3.66. The van der Waals surface area contributed by atoms with E-state index in [9.17, 15) is 9.59 Å². The van der Waals surface area contributed by atoms with Gasteiger partial charge in [-0.2, -0.15) is 0 Å². The van der Waals surface area contributed by atoms with E-state index in [1.54, 1.807) is 12.1 Å². The predicted octanol–water partition coefficient (Wildman–Crippen LogP) is 5.89. The van der Waals surface area contributed by atoms with E-state index >= 15 is 0 Å². The fourth-order valence-corrected chi connectivity index (χ4v) is 5.86. The second-order valence-electron chi connectivity index (χ2n) is 5.81. The molecular formula is C18H11BrCl2N2O2S2. The summed E-state index contributed by atoms with van der Waals surface area (Å²) in [4.78, 5) is 25.5. The van der Waals surface area contributed by atoms with Crippen LogP contribution in [0, 0.1) is 0 Å². The van der Waals surface area contributed by atoms with Gasteiger partial charge in [0.2, 0.25) is 0 Å². The zero-order valence-corrected chi connectivity index (χ0v) is 18.3. The molecule has 1 aliphatic heterocycles. The summed E-state index contributed by atoms with van der Waals surface area (Å²) in [6.45, 7) is 0. The van der Waals surface area contributed by atoms with E-state index in [-0.39, 0.29) is 11.3 Å². The van der Waals surface area contributed by atoms with Crippen LogP contribution >= 0.6 is 62.2 Å². The lowest BCUT2D eigenvalue weighted by Crippen LogP contribution is -2.44. The standard InChI is InChI=1S/C18H11BrCl2N2O2S2/c19-10-3-1-2-9(6-10)18-23(14(24)8-26-18)22-17(25)16-15(21)12-7-11(20)4-5-13(12)27-16/h1-7,18H,8H2,(H,22,25). The zero-order valence-electron chi connectivity index (χ0n) is 13.5. The first-order chi connectivity index (χ1) is 12.9. The highest BCUT2D eigenvalue weighted by atomic mass is 79.9. The number of carbonyl (C=O) groups excluding carboxylic acids is 2. The van der Waals surface area contributed by atoms with Crippen LogP contribution < -0.4 is 5.43 Å². The summed E-state index contributed by atoms with van der Waals surface area (Å²) in [6, 6.07) is 13.0. The van der Waals surface area contributed by atoms with Crippen molar-refractivity contribution in [2.75, 3.05) is 5.75 Å². The number of fused-ring (bicyclic) bond motifs is 1. The molecule has 1 saturated heterocycles. The molecule has 1 unspecified atom stereocenters. The molecule has 4 rings (SSSR count). The number of hydrazine groups is 1. The summed E-state index contributed by atoms with van der Waals surface area (Å²) in [5, 5.41) is 2.71. The van der Waals surface area contributed by atoms with E-state index < -0.39 is 5.91 Å². The van der Waals surface area contributed by atoms with Gasteiger partial charge in [0.1, 0.15) is 10.3 Å². The summed E-state index contributed by atoms with van der Waals surface area (Å²) in [7, 11) is 0. The minimum Gasteiger partial charge on any atom is -0.272 e. The molecule has 4 nitrogen and oxygen atoms in total. The number of thioether (sulfide) groups is 1. The fourth-order valence-electron chi connectivity index (χ4n) is 2.80. The Bertz CT molecular complexity index is 1070. The highest BCUT2D eigenvalue weighted by Gasteiger charge is 2.35. The Labute approximate surface area is 181 Å². The maximum Gasteiger partial charge on any atom is 0.281 e. The van der Waals surface area contributed by atoms with Crippen molar-refractivity contribution in [2.45, 2.75) is 5.37 Å². The van der Waals surface area contributed by atoms with Crippen molar-refractivity contribution in [3.05, 3.63) is 67.4 Å². The van der Waals surface area contributed by atoms with Gasteiger partial charge >= 0.3 is 0 Å². The highest BCUT2D eigenvalue weighted by Crippen LogP contribution is 2.40. The van der Waals surface area contributed by atoms with Gasteiger partial charge in [0.25, 0.3) is 11.8 Å². The van der Waals surface area contributed by atoms with Crippen LogP contribution in [0.25, 0.3) is 10.1 Å². The van der Waals surface area contributed by atoms with Gasteiger partial charge in [-0.1, -0.05) is 51.3 Å². The van der Waals surface area contributed by atoms with Crippen LogP contribution in [0.1, 0.15) is 20.6 Å². The van der Waals surface area contributed by atoms with Gasteiger partial charge in [0.15, 0.2) is 0 Å². The Morgan fingerprint density at radius 2 is 2.04 bits per heavy atom. The van der Waals surface area contributed by atoms with Crippen LogP contribution in [0.5, 0.6) is 0 Å². The van der Waals surface area contributed by atoms with E-state index in [1.807, 2.05) is 30.3 Å². The Morgan fingerprint density at radius 3 is 2.81 bits per heavy atom. The van der Waals surface area contributed by atoms with Gasteiger partial charge in [-0.3, -0.25) is 15.0 Å². The third kappa shape index (κ3) is 3.71. The monoisotopic (exact) mass is 500 g/mol. The molecule has 1 atom stereocenters. The molecular weight excluding hydrogens is 491 g/mol. The molecule has 0 saturated carbocycles. The second kappa shape index (κ2) is 7.64. The van der Waals surface area contributed by atoms with Crippen molar-refractivity contribution in [3.63, 3.8) is 0 Å². The number of benzene rings is 2. The molecule has 1 aromatic heterocycles. The summed E-state index contributed by atoms with van der Waals surface area (Å²) >= 11 is 18.6. The van der Waals surface area contributed by atoms with E-state index in [1.165, 1.54) is 28.1 Å². The molecule has 0 bridgehead atoms. The highest BCUT2D eigenvalue weighted by molar-refractivity contribution is 9.10. The zero-order chi connectivity index (χ0) is 19.1. The molecule has 1 N–H and O–H groups in total. The molecule has 2 amide bonds. The van der Waals surface area contributed by atoms with Crippen molar-refractivity contribution < 1.29 is 9.59 Å². The lowest BCUT2D eigenvalue weighted by molar-refractivity contribution is -0.130. The molecule has 2 aromatic carbocycles.